The number of amides is 3. The van der Waals surface area contributed by atoms with Gasteiger partial charge >= 0.3 is 18.1 Å². The number of benzene rings is 2. The number of imide groups is 3. The van der Waals surface area contributed by atoms with E-state index in [2.05, 4.69) is 0 Å². The Bertz CT molecular complexity index is 759. The highest BCUT2D eigenvalue weighted by molar-refractivity contribution is 6.12. The number of hydrogen-bond donors (Lipinski definition) is 2. The number of ether oxygens (including phenoxy) is 2. The average Bonchev–Trinajstić information content (AvgIpc) is 2.78. The lowest BCUT2D eigenvalue weighted by atomic mass is 10.1. The SMILES string of the molecule is NCCCC[C@H](N)C(=O)[N+](C(=O)OCc1ccccc1)C(=O)OCc1ccccc1. The van der Waals surface area contributed by atoms with Gasteiger partial charge < -0.3 is 20.9 Å². The molecule has 0 unspecified atom stereocenters. The van der Waals surface area contributed by atoms with E-state index in [9.17, 15) is 14.4 Å². The van der Waals surface area contributed by atoms with Crippen LogP contribution in [0.25, 0.3) is 0 Å². The number of carbonyl (C=O) groups excluding carboxylic acids is 3. The summed E-state index contributed by atoms with van der Waals surface area (Å²) >= 11 is 0. The second kappa shape index (κ2) is 12.5. The van der Waals surface area contributed by atoms with Gasteiger partial charge in [0.1, 0.15) is 24.2 Å². The third-order valence-electron chi connectivity index (χ3n) is 4.28. The molecule has 30 heavy (non-hydrogen) atoms. The Kier molecular flexibility index (Phi) is 9.66. The van der Waals surface area contributed by atoms with Crippen molar-refractivity contribution in [3.8, 4) is 0 Å². The van der Waals surface area contributed by atoms with E-state index in [1.54, 1.807) is 48.5 Å². The van der Waals surface area contributed by atoms with Crippen LogP contribution in [0.15, 0.2) is 60.7 Å². The topological polar surface area (TPSA) is 128 Å². The van der Waals surface area contributed by atoms with Crippen molar-refractivity contribution in [3.05, 3.63) is 71.8 Å². The Morgan fingerprint density at radius 3 is 1.70 bits per heavy atom. The molecule has 2 aromatic rings. The summed E-state index contributed by atoms with van der Waals surface area (Å²) in [7, 11) is 0. The molecule has 0 saturated heterocycles. The summed E-state index contributed by atoms with van der Waals surface area (Å²) in [6, 6.07) is 16.8. The lowest BCUT2D eigenvalue weighted by Crippen LogP contribution is -2.54. The van der Waals surface area contributed by atoms with Gasteiger partial charge in [0, 0.05) is 0 Å². The van der Waals surface area contributed by atoms with E-state index >= 15 is 0 Å². The molecule has 0 saturated carbocycles. The second-order valence-corrected chi connectivity index (χ2v) is 6.64. The smallest absolute Gasteiger partial charge is 0.411 e. The van der Waals surface area contributed by atoms with Gasteiger partial charge in [-0.3, -0.25) is 0 Å². The third-order valence-corrected chi connectivity index (χ3v) is 4.28. The van der Waals surface area contributed by atoms with Crippen molar-refractivity contribution in [2.45, 2.75) is 38.5 Å². The van der Waals surface area contributed by atoms with Gasteiger partial charge in [-0.1, -0.05) is 60.7 Å². The van der Waals surface area contributed by atoms with E-state index in [-0.39, 0.29) is 19.6 Å². The van der Waals surface area contributed by atoms with Crippen LogP contribution < -0.4 is 16.4 Å². The van der Waals surface area contributed by atoms with E-state index in [0.29, 0.717) is 35.4 Å². The highest BCUT2D eigenvalue weighted by Gasteiger charge is 2.50. The molecule has 159 valence electrons. The number of nitrogens with two attached hydrogens (primary N) is 2. The third kappa shape index (κ3) is 7.40. The molecular weight excluding hydrogens is 386 g/mol. The minimum Gasteiger partial charge on any atom is -0.411 e. The summed E-state index contributed by atoms with van der Waals surface area (Å²) in [6.45, 7) is 0.262. The predicted octanol–water partition coefficient (Wildman–Crippen LogP) is 2.78. The lowest BCUT2D eigenvalue weighted by Gasteiger charge is -2.11. The number of nitrogens with zero attached hydrogens (tertiary/aromatic N) is 1. The molecule has 0 aliphatic heterocycles. The van der Waals surface area contributed by atoms with Crippen LogP contribution in [0.4, 0.5) is 9.59 Å². The second-order valence-electron chi connectivity index (χ2n) is 6.64. The number of unbranched alkanes of at least 4 members (excludes halogenated alkanes) is 1. The van der Waals surface area contributed by atoms with Crippen LogP contribution in [0.2, 0.25) is 0 Å². The zero-order chi connectivity index (χ0) is 21.8. The number of carbonyl (C=O) groups is 3. The van der Waals surface area contributed by atoms with Crippen LogP contribution >= 0.6 is 0 Å². The molecule has 0 aliphatic carbocycles. The largest absolute Gasteiger partial charge is 0.587 e. The van der Waals surface area contributed by atoms with Crippen molar-refractivity contribution in [1.82, 2.24) is 4.90 Å². The molecule has 0 fully saturated rings. The Labute approximate surface area is 175 Å². The molecule has 8 nitrogen and oxygen atoms in total. The van der Waals surface area contributed by atoms with Crippen LogP contribution in [0.1, 0.15) is 30.4 Å². The van der Waals surface area contributed by atoms with Gasteiger partial charge in [0.05, 0.1) is 0 Å². The summed E-state index contributed by atoms with van der Waals surface area (Å²) in [5.41, 5.74) is 12.8. The quantitative estimate of drug-likeness (QED) is 0.478. The van der Waals surface area contributed by atoms with E-state index in [1.165, 1.54) is 0 Å². The molecule has 2 aromatic carbocycles. The monoisotopic (exact) mass is 413 g/mol. The Morgan fingerprint density at radius 1 is 0.800 bits per heavy atom. The Hall–Kier alpha value is -3.07. The first-order valence-electron chi connectivity index (χ1n) is 9.74. The van der Waals surface area contributed by atoms with Crippen LogP contribution in [0.5, 0.6) is 0 Å². The molecule has 3 amide bonds. The van der Waals surface area contributed by atoms with Crippen molar-refractivity contribution in [1.29, 1.82) is 0 Å². The average molecular weight is 413 g/mol. The molecule has 0 heterocycles. The maximum Gasteiger partial charge on any atom is 0.587 e. The molecule has 0 aromatic heterocycles. The van der Waals surface area contributed by atoms with Gasteiger partial charge in [-0.05, 0) is 36.9 Å². The first-order valence-corrected chi connectivity index (χ1v) is 9.74. The molecule has 1 atom stereocenters. The Morgan fingerprint density at radius 2 is 1.27 bits per heavy atom. The molecular formula is C22H27N3O5+. The van der Waals surface area contributed by atoms with E-state index in [0.717, 1.165) is 0 Å². The number of rotatable bonds is 9. The molecule has 0 aliphatic rings. The highest BCUT2D eigenvalue weighted by Crippen LogP contribution is 2.09. The van der Waals surface area contributed by atoms with Crippen LogP contribution in [-0.2, 0) is 27.5 Å². The zero-order valence-electron chi connectivity index (χ0n) is 16.7. The first kappa shape index (κ1) is 23.2. The summed E-state index contributed by atoms with van der Waals surface area (Å²) in [6.07, 6.45) is -0.704. The maximum atomic E-state index is 12.7. The Balaban J connectivity index is 2.06. The molecule has 1 radical (unpaired) electrons. The normalized spacial score (nSPS) is 11.7. The van der Waals surface area contributed by atoms with Gasteiger partial charge in [-0.2, -0.15) is 9.59 Å². The molecule has 0 spiro atoms. The zero-order valence-corrected chi connectivity index (χ0v) is 16.7. The summed E-state index contributed by atoms with van der Waals surface area (Å²) in [5.74, 6) is -0.872. The molecule has 0 bridgehead atoms. The first-order chi connectivity index (χ1) is 14.5. The van der Waals surface area contributed by atoms with Gasteiger partial charge in [0.25, 0.3) is 0 Å². The fourth-order valence-electron chi connectivity index (χ4n) is 2.62. The van der Waals surface area contributed by atoms with Crippen molar-refractivity contribution in [3.63, 3.8) is 0 Å². The van der Waals surface area contributed by atoms with Gasteiger partial charge in [-0.25, -0.2) is 4.79 Å². The summed E-state index contributed by atoms with van der Waals surface area (Å²) in [4.78, 5) is 38.1. The minimum absolute atomic E-state index is 0.0994. The summed E-state index contributed by atoms with van der Waals surface area (Å²) < 4.78 is 10.3. The van der Waals surface area contributed by atoms with Crippen molar-refractivity contribution in [2.24, 2.45) is 11.5 Å². The van der Waals surface area contributed by atoms with Gasteiger partial charge in [0.2, 0.25) is 0 Å². The standard InChI is InChI=1S/C22H27N3O5/c23-14-8-7-13-19(24)20(26)25(21(27)29-15-17-9-3-1-4-10-17)22(28)30-16-18-11-5-2-6-12-18/h1-6,9-12,19H,7-8,13-16,23-24H2/q+1/t19-/m0/s1. The molecule has 8 heteroatoms. The maximum absolute atomic E-state index is 12.7. The van der Waals surface area contributed by atoms with E-state index in [4.69, 9.17) is 20.9 Å². The van der Waals surface area contributed by atoms with E-state index < -0.39 is 24.1 Å². The fourth-order valence-corrected chi connectivity index (χ4v) is 2.62. The van der Waals surface area contributed by atoms with Crippen LogP contribution in [0, 0.1) is 0 Å². The fraction of sp³-hybridized carbons (Fsp3) is 0.318. The van der Waals surface area contributed by atoms with Crippen molar-refractivity contribution < 1.29 is 23.9 Å². The van der Waals surface area contributed by atoms with Crippen molar-refractivity contribution in [2.75, 3.05) is 6.54 Å². The minimum atomic E-state index is -1.13. The van der Waals surface area contributed by atoms with E-state index in [1.807, 2.05) is 12.1 Å². The van der Waals surface area contributed by atoms with Gasteiger partial charge in [0.15, 0.2) is 0 Å². The van der Waals surface area contributed by atoms with Crippen LogP contribution in [-0.4, -0.2) is 30.7 Å². The predicted molar refractivity (Wildman–Crippen MR) is 111 cm³/mol. The molecule has 4 N–H and O–H groups in total. The van der Waals surface area contributed by atoms with Crippen molar-refractivity contribution >= 4 is 18.1 Å². The number of hydrogen-bond acceptors (Lipinski definition) is 7. The summed E-state index contributed by atoms with van der Waals surface area (Å²) in [5, 5.41) is 0. The lowest BCUT2D eigenvalue weighted by molar-refractivity contribution is -0.125. The van der Waals surface area contributed by atoms with Crippen LogP contribution in [0.3, 0.4) is 0 Å². The van der Waals surface area contributed by atoms with Gasteiger partial charge in [-0.15, -0.1) is 0 Å². The highest BCUT2D eigenvalue weighted by atomic mass is 16.6. The molecule has 2 rings (SSSR count).